The summed E-state index contributed by atoms with van der Waals surface area (Å²) in [6, 6.07) is 8.05. The Morgan fingerprint density at radius 1 is 0.795 bits per heavy atom. The fourth-order valence-corrected chi connectivity index (χ4v) is 4.64. The molecule has 0 aliphatic carbocycles. The third-order valence-electron chi connectivity index (χ3n) is 7.26. The van der Waals surface area contributed by atoms with Crippen LogP contribution in [0.25, 0.3) is 6.08 Å². The van der Waals surface area contributed by atoms with Crippen molar-refractivity contribution in [2.75, 3.05) is 13.2 Å². The van der Waals surface area contributed by atoms with Crippen molar-refractivity contribution >= 4 is 12.0 Å². The molecule has 242 valence electrons. The Morgan fingerprint density at radius 3 is 2.16 bits per heavy atom. The number of carbonyl (C=O) groups excluding carboxylic acids is 1. The normalized spacial score (nSPS) is 32.5. The Balaban J connectivity index is 1.44. The molecule has 0 aromatic heterocycles. The van der Waals surface area contributed by atoms with Gasteiger partial charge in [-0.05, 0) is 54.8 Å². The van der Waals surface area contributed by atoms with E-state index in [2.05, 4.69) is 0 Å². The standard InChI is InChI=1S/C29H36O15/c1-13-22(35)24(37)26(39)28(42-13)44-27-25(38)23(36)20(12-41-21(34)7-4-14-2-5-16(30)18(32)10-14)43-29(27)40-9-8-15-3-6-17(31)19(33)11-15/h2-7,10-11,13,20,22-33,35-39H,8-9,12H2,1H3/b7-4+/t13-,20+,22-,23+,24+,25+,26+,27+,28-,29+/m0/s1. The highest BCUT2D eigenvalue weighted by Crippen LogP contribution is 2.31. The molecule has 0 radical (unpaired) electrons. The summed E-state index contributed by atoms with van der Waals surface area (Å²) in [7, 11) is 0. The van der Waals surface area contributed by atoms with Crippen molar-refractivity contribution in [1.29, 1.82) is 0 Å². The summed E-state index contributed by atoms with van der Waals surface area (Å²) < 4.78 is 27.9. The first-order valence-corrected chi connectivity index (χ1v) is 13.7. The Morgan fingerprint density at radius 2 is 1.48 bits per heavy atom. The number of benzene rings is 2. The van der Waals surface area contributed by atoms with E-state index in [-0.39, 0.29) is 36.0 Å². The van der Waals surface area contributed by atoms with Crippen LogP contribution >= 0.6 is 0 Å². The zero-order chi connectivity index (χ0) is 32.1. The van der Waals surface area contributed by atoms with Crippen LogP contribution in [0.2, 0.25) is 0 Å². The summed E-state index contributed by atoms with van der Waals surface area (Å²) >= 11 is 0. The van der Waals surface area contributed by atoms with Gasteiger partial charge in [0, 0.05) is 6.08 Å². The predicted molar refractivity (Wildman–Crippen MR) is 147 cm³/mol. The van der Waals surface area contributed by atoms with Crippen LogP contribution in [0.1, 0.15) is 18.1 Å². The number of aliphatic hydroxyl groups excluding tert-OH is 5. The molecule has 44 heavy (non-hydrogen) atoms. The average molecular weight is 625 g/mol. The molecule has 0 saturated carbocycles. The first-order valence-electron chi connectivity index (χ1n) is 13.7. The summed E-state index contributed by atoms with van der Waals surface area (Å²) in [5.74, 6) is -2.22. The van der Waals surface area contributed by atoms with Crippen LogP contribution in [-0.2, 0) is 34.9 Å². The van der Waals surface area contributed by atoms with E-state index < -0.39 is 74.0 Å². The van der Waals surface area contributed by atoms with E-state index in [4.69, 9.17) is 23.7 Å². The molecule has 2 aromatic carbocycles. The van der Waals surface area contributed by atoms with Crippen LogP contribution in [0.3, 0.4) is 0 Å². The molecule has 0 amide bonds. The molecule has 10 atom stereocenters. The van der Waals surface area contributed by atoms with Crippen LogP contribution in [-0.4, -0.2) is 127 Å². The van der Waals surface area contributed by atoms with E-state index in [1.54, 1.807) is 6.07 Å². The summed E-state index contributed by atoms with van der Waals surface area (Å²) in [4.78, 5) is 12.3. The molecule has 2 saturated heterocycles. The maximum atomic E-state index is 12.3. The third-order valence-corrected chi connectivity index (χ3v) is 7.26. The molecule has 0 bridgehead atoms. The number of phenols is 4. The van der Waals surface area contributed by atoms with Crippen LogP contribution < -0.4 is 0 Å². The maximum Gasteiger partial charge on any atom is 0.330 e. The Hall–Kier alpha value is -3.51. The third kappa shape index (κ3) is 7.95. The van der Waals surface area contributed by atoms with Crippen molar-refractivity contribution in [3.63, 3.8) is 0 Å². The number of hydrogen-bond acceptors (Lipinski definition) is 15. The topological polar surface area (TPSA) is 245 Å². The van der Waals surface area contributed by atoms with Gasteiger partial charge in [-0.2, -0.15) is 0 Å². The maximum absolute atomic E-state index is 12.3. The number of rotatable bonds is 10. The summed E-state index contributed by atoms with van der Waals surface area (Å²) in [5.41, 5.74) is 0.960. The summed E-state index contributed by atoms with van der Waals surface area (Å²) in [5, 5.41) is 90.6. The Bertz CT molecular complexity index is 1300. The minimum Gasteiger partial charge on any atom is -0.504 e. The molecule has 4 rings (SSSR count). The van der Waals surface area contributed by atoms with Crippen LogP contribution in [0.5, 0.6) is 23.0 Å². The smallest absolute Gasteiger partial charge is 0.330 e. The van der Waals surface area contributed by atoms with Crippen molar-refractivity contribution in [2.45, 2.75) is 74.8 Å². The fraction of sp³-hybridized carbons (Fsp3) is 0.483. The van der Waals surface area contributed by atoms with Gasteiger partial charge in [0.25, 0.3) is 0 Å². The highest BCUT2D eigenvalue weighted by molar-refractivity contribution is 5.87. The van der Waals surface area contributed by atoms with Gasteiger partial charge in [0.15, 0.2) is 35.6 Å². The quantitative estimate of drug-likeness (QED) is 0.0873. The molecule has 2 aliphatic rings. The first-order chi connectivity index (χ1) is 20.8. The summed E-state index contributed by atoms with van der Waals surface area (Å²) in [6.45, 7) is 0.812. The zero-order valence-electron chi connectivity index (χ0n) is 23.5. The average Bonchev–Trinajstić information content (AvgIpc) is 2.99. The largest absolute Gasteiger partial charge is 0.504 e. The molecule has 9 N–H and O–H groups in total. The van der Waals surface area contributed by atoms with Crippen molar-refractivity contribution < 1.29 is 74.4 Å². The molecule has 2 heterocycles. The van der Waals surface area contributed by atoms with E-state index in [0.717, 1.165) is 6.08 Å². The van der Waals surface area contributed by atoms with Crippen molar-refractivity contribution in [2.24, 2.45) is 0 Å². The lowest BCUT2D eigenvalue weighted by Crippen LogP contribution is -2.64. The lowest BCUT2D eigenvalue weighted by atomic mass is 9.97. The number of esters is 1. The van der Waals surface area contributed by atoms with Crippen molar-refractivity contribution in [3.8, 4) is 23.0 Å². The molecule has 15 nitrogen and oxygen atoms in total. The number of hydrogen-bond donors (Lipinski definition) is 9. The van der Waals surface area contributed by atoms with Gasteiger partial charge in [-0.15, -0.1) is 0 Å². The highest BCUT2D eigenvalue weighted by Gasteiger charge is 2.50. The van der Waals surface area contributed by atoms with Crippen molar-refractivity contribution in [3.05, 3.63) is 53.6 Å². The van der Waals surface area contributed by atoms with Gasteiger partial charge in [0.1, 0.15) is 49.3 Å². The van der Waals surface area contributed by atoms with Crippen LogP contribution in [0.15, 0.2) is 42.5 Å². The van der Waals surface area contributed by atoms with E-state index in [1.807, 2.05) is 0 Å². The minimum absolute atomic E-state index is 0.0852. The molecule has 2 aromatic rings. The first kappa shape index (κ1) is 33.4. The zero-order valence-corrected chi connectivity index (χ0v) is 23.5. The SMILES string of the molecule is C[C@@H]1O[C@@H](O[C@H]2[C@H](OCCc3ccc(O)c(O)c3)O[C@H](COC(=O)/C=C/c3ccc(O)c(O)c3)[C@@H](O)[C@H]2O)[C@H](O)[C@H](O)[C@H]1O. The number of ether oxygens (including phenoxy) is 5. The number of aromatic hydroxyl groups is 4. The van der Waals surface area contributed by atoms with Gasteiger partial charge in [0.05, 0.1) is 12.7 Å². The Labute approximate surface area is 251 Å². The van der Waals surface area contributed by atoms with Crippen molar-refractivity contribution in [1.82, 2.24) is 0 Å². The van der Waals surface area contributed by atoms with Gasteiger partial charge < -0.3 is 69.6 Å². The molecular formula is C29H36O15. The van der Waals surface area contributed by atoms with E-state index in [0.29, 0.717) is 11.1 Å². The van der Waals surface area contributed by atoms with Gasteiger partial charge >= 0.3 is 5.97 Å². The van der Waals surface area contributed by atoms with Crippen LogP contribution in [0.4, 0.5) is 0 Å². The fourth-order valence-electron chi connectivity index (χ4n) is 4.64. The van der Waals surface area contributed by atoms with E-state index >= 15 is 0 Å². The lowest BCUT2D eigenvalue weighted by Gasteiger charge is -2.45. The molecule has 2 aliphatic heterocycles. The second kappa shape index (κ2) is 14.5. The monoisotopic (exact) mass is 624 g/mol. The second-order valence-corrected chi connectivity index (χ2v) is 10.5. The molecular weight excluding hydrogens is 588 g/mol. The van der Waals surface area contributed by atoms with E-state index in [9.17, 15) is 50.8 Å². The summed E-state index contributed by atoms with van der Waals surface area (Å²) in [6.07, 6.45) is -12.4. The minimum atomic E-state index is -1.74. The number of aliphatic hydroxyl groups is 5. The van der Waals surface area contributed by atoms with Crippen LogP contribution in [0, 0.1) is 0 Å². The number of carbonyl (C=O) groups is 1. The Kier molecular flexibility index (Phi) is 11.0. The highest BCUT2D eigenvalue weighted by atomic mass is 16.8. The van der Waals surface area contributed by atoms with Gasteiger partial charge in [0.2, 0.25) is 0 Å². The lowest BCUT2D eigenvalue weighted by molar-refractivity contribution is -0.364. The van der Waals surface area contributed by atoms with Gasteiger partial charge in [-0.3, -0.25) is 0 Å². The van der Waals surface area contributed by atoms with Gasteiger partial charge in [-0.25, -0.2) is 4.79 Å². The van der Waals surface area contributed by atoms with Gasteiger partial charge in [-0.1, -0.05) is 12.1 Å². The molecule has 0 unspecified atom stereocenters. The molecule has 2 fully saturated rings. The molecule has 0 spiro atoms. The molecule has 15 heteroatoms. The number of phenolic OH excluding ortho intramolecular Hbond substituents is 4. The predicted octanol–water partition coefficient (Wildman–Crippen LogP) is -1.02. The van der Waals surface area contributed by atoms with E-state index in [1.165, 1.54) is 43.3 Å². The second-order valence-electron chi connectivity index (χ2n) is 10.5.